The van der Waals surface area contributed by atoms with Crippen LogP contribution in [-0.4, -0.2) is 36.0 Å². The number of ether oxygens (including phenoxy) is 1. The fourth-order valence-electron chi connectivity index (χ4n) is 5.17. The van der Waals surface area contributed by atoms with Crippen molar-refractivity contribution < 1.29 is 27.5 Å². The van der Waals surface area contributed by atoms with E-state index in [9.17, 15) is 22.8 Å². The summed E-state index contributed by atoms with van der Waals surface area (Å²) in [6, 6.07) is 3.63. The maximum atomic E-state index is 13.0. The Hall–Kier alpha value is -2.05. The standard InChI is InChI=1S/C31H48F3NO3/c1-2-3-4-5-6-7-8-9-10-11-12-13-14-15-16-17-24-38-30(37)28-22-19-23-35(28)29(36)26-20-18-21-27(25-26)31(32,33)34/h18,20-21,25,28H,2-17,19,22-24H2,1H3. The maximum absolute atomic E-state index is 13.0. The first kappa shape index (κ1) is 32.2. The molecule has 2 rings (SSSR count). The molecule has 1 fully saturated rings. The second-order valence-electron chi connectivity index (χ2n) is 10.7. The number of halogens is 3. The van der Waals surface area contributed by atoms with E-state index in [4.69, 9.17) is 4.74 Å². The lowest BCUT2D eigenvalue weighted by atomic mass is 10.0. The average molecular weight is 540 g/mol. The number of nitrogens with zero attached hydrogens (tertiary/aromatic N) is 1. The topological polar surface area (TPSA) is 46.6 Å². The Morgan fingerprint density at radius 1 is 0.842 bits per heavy atom. The van der Waals surface area contributed by atoms with E-state index in [1.54, 1.807) is 0 Å². The third kappa shape index (κ3) is 12.2. The summed E-state index contributed by atoms with van der Waals surface area (Å²) in [5, 5.41) is 0. The van der Waals surface area contributed by atoms with E-state index in [1.165, 1.54) is 101 Å². The van der Waals surface area contributed by atoms with Gasteiger partial charge in [0.15, 0.2) is 0 Å². The highest BCUT2D eigenvalue weighted by Gasteiger charge is 2.37. The van der Waals surface area contributed by atoms with Crippen molar-refractivity contribution in [3.63, 3.8) is 0 Å². The smallest absolute Gasteiger partial charge is 0.416 e. The first-order chi connectivity index (χ1) is 18.3. The molecule has 1 heterocycles. The van der Waals surface area contributed by atoms with Crippen LogP contribution in [0.25, 0.3) is 0 Å². The Labute approximate surface area is 227 Å². The summed E-state index contributed by atoms with van der Waals surface area (Å²) < 4.78 is 44.5. The van der Waals surface area contributed by atoms with E-state index in [1.807, 2.05) is 0 Å². The maximum Gasteiger partial charge on any atom is 0.416 e. The van der Waals surface area contributed by atoms with Crippen LogP contribution in [0.2, 0.25) is 0 Å². The van der Waals surface area contributed by atoms with E-state index < -0.39 is 29.7 Å². The number of hydrogen-bond donors (Lipinski definition) is 0. The molecule has 38 heavy (non-hydrogen) atoms. The minimum Gasteiger partial charge on any atom is -0.464 e. The summed E-state index contributed by atoms with van der Waals surface area (Å²) in [6.07, 6.45) is 16.9. The number of unbranched alkanes of at least 4 members (excludes halogenated alkanes) is 15. The molecule has 1 atom stereocenters. The summed E-state index contributed by atoms with van der Waals surface area (Å²) >= 11 is 0. The summed E-state index contributed by atoms with van der Waals surface area (Å²) in [5.41, 5.74) is -0.928. The molecule has 0 spiro atoms. The number of hydrogen-bond acceptors (Lipinski definition) is 3. The van der Waals surface area contributed by atoms with Gasteiger partial charge in [0.2, 0.25) is 0 Å². The molecule has 0 aliphatic carbocycles. The molecule has 1 aromatic carbocycles. The van der Waals surface area contributed by atoms with Gasteiger partial charge in [0.25, 0.3) is 5.91 Å². The molecule has 4 nitrogen and oxygen atoms in total. The van der Waals surface area contributed by atoms with Crippen molar-refractivity contribution in [2.45, 2.75) is 135 Å². The Bertz CT molecular complexity index is 812. The SMILES string of the molecule is CCCCCCCCCCCCCCCCCCOC(=O)C1CCCN1C(=O)c1cccc(C(F)(F)F)c1. The van der Waals surface area contributed by atoms with Crippen molar-refractivity contribution in [3.8, 4) is 0 Å². The van der Waals surface area contributed by atoms with Gasteiger partial charge >= 0.3 is 12.1 Å². The molecule has 216 valence electrons. The van der Waals surface area contributed by atoms with Gasteiger partial charge in [0.1, 0.15) is 6.04 Å². The van der Waals surface area contributed by atoms with Gasteiger partial charge in [-0.05, 0) is 37.5 Å². The normalized spacial score (nSPS) is 15.7. The van der Waals surface area contributed by atoms with Crippen molar-refractivity contribution in [2.24, 2.45) is 0 Å². The predicted molar refractivity (Wildman–Crippen MR) is 146 cm³/mol. The van der Waals surface area contributed by atoms with E-state index in [2.05, 4.69) is 6.92 Å². The molecule has 1 saturated heterocycles. The monoisotopic (exact) mass is 539 g/mol. The molecule has 1 unspecified atom stereocenters. The van der Waals surface area contributed by atoms with Crippen LogP contribution in [-0.2, 0) is 15.7 Å². The van der Waals surface area contributed by atoms with E-state index in [0.29, 0.717) is 26.0 Å². The Balaban J connectivity index is 1.51. The van der Waals surface area contributed by atoms with Crippen LogP contribution in [0.1, 0.15) is 138 Å². The quantitative estimate of drug-likeness (QED) is 0.130. The van der Waals surface area contributed by atoms with E-state index in [-0.39, 0.29) is 5.56 Å². The third-order valence-electron chi connectivity index (χ3n) is 7.46. The zero-order valence-electron chi connectivity index (χ0n) is 23.3. The summed E-state index contributed by atoms with van der Waals surface area (Å²) in [6.45, 7) is 2.92. The highest BCUT2D eigenvalue weighted by atomic mass is 19.4. The van der Waals surface area contributed by atoms with Crippen LogP contribution >= 0.6 is 0 Å². The lowest BCUT2D eigenvalue weighted by Crippen LogP contribution is -2.41. The molecular formula is C31H48F3NO3. The second-order valence-corrected chi connectivity index (χ2v) is 10.7. The van der Waals surface area contributed by atoms with Crippen molar-refractivity contribution in [1.82, 2.24) is 4.90 Å². The van der Waals surface area contributed by atoms with Gasteiger partial charge in [-0.1, -0.05) is 109 Å². The van der Waals surface area contributed by atoms with Crippen molar-refractivity contribution in [2.75, 3.05) is 13.2 Å². The van der Waals surface area contributed by atoms with Crippen molar-refractivity contribution >= 4 is 11.9 Å². The second kappa shape index (κ2) is 18.3. The zero-order chi connectivity index (χ0) is 27.6. The number of carbonyl (C=O) groups excluding carboxylic acids is 2. The molecule has 1 aromatic rings. The predicted octanol–water partition coefficient (Wildman–Crippen LogP) is 9.11. The first-order valence-corrected chi connectivity index (χ1v) is 15.0. The molecule has 1 aliphatic heterocycles. The fourth-order valence-corrected chi connectivity index (χ4v) is 5.17. The molecule has 7 heteroatoms. The Morgan fingerprint density at radius 2 is 1.37 bits per heavy atom. The van der Waals surface area contributed by atoms with Crippen LogP contribution in [0, 0.1) is 0 Å². The third-order valence-corrected chi connectivity index (χ3v) is 7.46. The Kier molecular flexibility index (Phi) is 15.5. The summed E-state index contributed by atoms with van der Waals surface area (Å²) in [7, 11) is 0. The van der Waals surface area contributed by atoms with Crippen LogP contribution in [0.3, 0.4) is 0 Å². The molecular weight excluding hydrogens is 491 g/mol. The summed E-state index contributed by atoms with van der Waals surface area (Å²) in [4.78, 5) is 26.8. The number of amides is 1. The van der Waals surface area contributed by atoms with Crippen LogP contribution < -0.4 is 0 Å². The van der Waals surface area contributed by atoms with Gasteiger partial charge < -0.3 is 9.64 Å². The van der Waals surface area contributed by atoms with E-state index >= 15 is 0 Å². The minimum atomic E-state index is -4.52. The lowest BCUT2D eigenvalue weighted by Gasteiger charge is -2.23. The van der Waals surface area contributed by atoms with Crippen molar-refractivity contribution in [1.29, 1.82) is 0 Å². The van der Waals surface area contributed by atoms with Gasteiger partial charge in [0.05, 0.1) is 12.2 Å². The number of alkyl halides is 3. The van der Waals surface area contributed by atoms with E-state index in [0.717, 1.165) is 31.4 Å². The average Bonchev–Trinajstić information content (AvgIpc) is 3.39. The summed E-state index contributed by atoms with van der Waals surface area (Å²) in [5.74, 6) is -1.01. The molecule has 1 amide bonds. The van der Waals surface area contributed by atoms with Crippen molar-refractivity contribution in [3.05, 3.63) is 35.4 Å². The highest BCUT2D eigenvalue weighted by molar-refractivity contribution is 5.97. The number of carbonyl (C=O) groups is 2. The molecule has 0 N–H and O–H groups in total. The van der Waals surface area contributed by atoms with Gasteiger partial charge in [-0.2, -0.15) is 13.2 Å². The number of benzene rings is 1. The van der Waals surface area contributed by atoms with Gasteiger partial charge in [-0.25, -0.2) is 4.79 Å². The van der Waals surface area contributed by atoms with Gasteiger partial charge in [0, 0.05) is 12.1 Å². The van der Waals surface area contributed by atoms with Gasteiger partial charge in [-0.15, -0.1) is 0 Å². The van der Waals surface area contributed by atoms with Crippen LogP contribution in [0.4, 0.5) is 13.2 Å². The lowest BCUT2D eigenvalue weighted by molar-refractivity contribution is -0.148. The first-order valence-electron chi connectivity index (χ1n) is 15.0. The molecule has 0 bridgehead atoms. The molecule has 1 aliphatic rings. The molecule has 0 aromatic heterocycles. The highest BCUT2D eigenvalue weighted by Crippen LogP contribution is 2.30. The van der Waals surface area contributed by atoms with Crippen LogP contribution in [0.5, 0.6) is 0 Å². The van der Waals surface area contributed by atoms with Crippen LogP contribution in [0.15, 0.2) is 24.3 Å². The molecule has 0 saturated carbocycles. The number of likely N-dealkylation sites (tertiary alicyclic amines) is 1. The Morgan fingerprint density at radius 3 is 1.89 bits per heavy atom. The zero-order valence-corrected chi connectivity index (χ0v) is 23.3. The number of esters is 1. The fraction of sp³-hybridized carbons (Fsp3) is 0.742. The minimum absolute atomic E-state index is 0.0580. The number of rotatable bonds is 19. The van der Waals surface area contributed by atoms with Gasteiger partial charge in [-0.3, -0.25) is 4.79 Å². The largest absolute Gasteiger partial charge is 0.464 e. The molecule has 0 radical (unpaired) electrons.